The standard InChI is InChI=1S/C19H33N5O3S/c1-4-6-8-25-12-16-15(26-9-7-5-2)10-14(27-16)13-11-22-18(23-13)17(20)24-19(21)28-3/h11,14-16H,4-10,12H2,1-3H3,(H,22,23)(H3,20,21,24)/t14-,15+,16-/m1/s1. The molecule has 1 aliphatic rings. The number of nitrogens with zero attached hydrogens (tertiary/aromatic N) is 2. The third-order valence-electron chi connectivity index (χ3n) is 4.55. The fraction of sp³-hybridized carbons (Fsp3) is 0.737. The molecule has 9 heteroatoms. The summed E-state index contributed by atoms with van der Waals surface area (Å²) in [6.07, 6.45) is 8.28. The van der Waals surface area contributed by atoms with Crippen LogP contribution in [0.5, 0.6) is 0 Å². The van der Waals surface area contributed by atoms with Crippen LogP contribution >= 0.6 is 11.8 Å². The minimum atomic E-state index is -0.152. The predicted molar refractivity (Wildman–Crippen MR) is 113 cm³/mol. The molecule has 1 aliphatic heterocycles. The zero-order valence-corrected chi connectivity index (χ0v) is 17.9. The van der Waals surface area contributed by atoms with Crippen molar-refractivity contribution in [3.63, 3.8) is 0 Å². The van der Waals surface area contributed by atoms with Crippen LogP contribution in [0.1, 0.15) is 63.6 Å². The minimum Gasteiger partial charge on any atom is -0.381 e. The van der Waals surface area contributed by atoms with Gasteiger partial charge in [-0.3, -0.25) is 5.41 Å². The number of aromatic amines is 1. The van der Waals surface area contributed by atoms with E-state index in [0.29, 0.717) is 12.4 Å². The van der Waals surface area contributed by atoms with Crippen LogP contribution in [0.15, 0.2) is 11.2 Å². The van der Waals surface area contributed by atoms with Gasteiger partial charge in [-0.1, -0.05) is 38.5 Å². The first-order valence-corrected chi connectivity index (χ1v) is 11.2. The Morgan fingerprint density at radius 1 is 1.39 bits per heavy atom. The zero-order chi connectivity index (χ0) is 20.4. The van der Waals surface area contributed by atoms with E-state index in [-0.39, 0.29) is 29.3 Å². The van der Waals surface area contributed by atoms with E-state index >= 15 is 0 Å². The summed E-state index contributed by atoms with van der Waals surface area (Å²) in [5, 5.41) is 7.76. The predicted octanol–water partition coefficient (Wildman–Crippen LogP) is 3.24. The number of nitrogens with one attached hydrogen (secondary N) is 2. The molecule has 8 nitrogen and oxygen atoms in total. The molecule has 0 aliphatic carbocycles. The van der Waals surface area contributed by atoms with E-state index < -0.39 is 0 Å². The van der Waals surface area contributed by atoms with Gasteiger partial charge in [0.1, 0.15) is 12.2 Å². The number of ether oxygens (including phenoxy) is 3. The molecule has 0 bridgehead atoms. The zero-order valence-electron chi connectivity index (χ0n) is 17.1. The van der Waals surface area contributed by atoms with Gasteiger partial charge in [0.15, 0.2) is 16.8 Å². The van der Waals surface area contributed by atoms with Crippen LogP contribution in [-0.4, -0.2) is 59.3 Å². The van der Waals surface area contributed by atoms with Crippen molar-refractivity contribution in [2.45, 2.75) is 64.3 Å². The normalized spacial score (nSPS) is 22.7. The quantitative estimate of drug-likeness (QED) is 0.292. The molecule has 0 aromatic carbocycles. The molecule has 0 radical (unpaired) electrons. The van der Waals surface area contributed by atoms with Crippen LogP contribution in [0.3, 0.4) is 0 Å². The van der Waals surface area contributed by atoms with E-state index in [4.69, 9.17) is 25.4 Å². The van der Waals surface area contributed by atoms with E-state index in [1.54, 1.807) is 12.5 Å². The van der Waals surface area contributed by atoms with Crippen molar-refractivity contribution in [3.8, 4) is 0 Å². The number of H-pyrrole nitrogens is 1. The molecule has 158 valence electrons. The number of aromatic nitrogens is 2. The molecule has 0 spiro atoms. The van der Waals surface area contributed by atoms with Crippen molar-refractivity contribution in [3.05, 3.63) is 17.7 Å². The second-order valence-electron chi connectivity index (χ2n) is 6.78. The molecule has 1 aromatic rings. The highest BCUT2D eigenvalue weighted by Gasteiger charge is 2.37. The molecular weight excluding hydrogens is 378 g/mol. The third-order valence-corrected chi connectivity index (χ3v) is 5.03. The summed E-state index contributed by atoms with van der Waals surface area (Å²) in [6, 6.07) is 0. The smallest absolute Gasteiger partial charge is 0.181 e. The minimum absolute atomic E-state index is 0.000565. The Morgan fingerprint density at radius 3 is 2.86 bits per heavy atom. The topological polar surface area (TPSA) is 119 Å². The molecule has 2 heterocycles. The molecule has 4 N–H and O–H groups in total. The number of amidine groups is 2. The van der Waals surface area contributed by atoms with Crippen molar-refractivity contribution in [2.24, 2.45) is 10.7 Å². The van der Waals surface area contributed by atoms with Crippen molar-refractivity contribution in [1.82, 2.24) is 9.97 Å². The number of rotatable bonds is 11. The van der Waals surface area contributed by atoms with Gasteiger partial charge >= 0.3 is 0 Å². The monoisotopic (exact) mass is 411 g/mol. The van der Waals surface area contributed by atoms with Crippen molar-refractivity contribution < 1.29 is 14.2 Å². The fourth-order valence-corrected chi connectivity index (χ4v) is 3.09. The molecule has 2 rings (SSSR count). The second-order valence-corrected chi connectivity index (χ2v) is 7.58. The van der Waals surface area contributed by atoms with Gasteiger partial charge in [-0.15, -0.1) is 0 Å². The van der Waals surface area contributed by atoms with Gasteiger partial charge in [0.2, 0.25) is 0 Å². The lowest BCUT2D eigenvalue weighted by Gasteiger charge is -2.19. The Hall–Kier alpha value is -1.42. The summed E-state index contributed by atoms with van der Waals surface area (Å²) in [5.41, 5.74) is 6.77. The van der Waals surface area contributed by atoms with Gasteiger partial charge in [-0.2, -0.15) is 0 Å². The molecule has 1 aromatic heterocycles. The highest BCUT2D eigenvalue weighted by Crippen LogP contribution is 2.34. The van der Waals surface area contributed by atoms with E-state index in [2.05, 4.69) is 28.8 Å². The first kappa shape index (κ1) is 22.9. The lowest BCUT2D eigenvalue weighted by atomic mass is 10.1. The van der Waals surface area contributed by atoms with E-state index in [9.17, 15) is 0 Å². The van der Waals surface area contributed by atoms with Gasteiger partial charge in [0.25, 0.3) is 0 Å². The number of hydrogen-bond donors (Lipinski definition) is 3. The third kappa shape index (κ3) is 6.88. The van der Waals surface area contributed by atoms with Crippen LogP contribution in [-0.2, 0) is 14.2 Å². The van der Waals surface area contributed by atoms with Gasteiger partial charge in [-0.05, 0) is 19.1 Å². The summed E-state index contributed by atoms with van der Waals surface area (Å²) >= 11 is 1.22. The van der Waals surface area contributed by atoms with Crippen molar-refractivity contribution in [2.75, 3.05) is 26.1 Å². The van der Waals surface area contributed by atoms with Crippen LogP contribution in [0, 0.1) is 5.41 Å². The Labute approximate surface area is 171 Å². The van der Waals surface area contributed by atoms with Gasteiger partial charge in [-0.25, -0.2) is 9.98 Å². The van der Waals surface area contributed by atoms with E-state index in [1.807, 2.05) is 0 Å². The Morgan fingerprint density at radius 2 is 2.14 bits per heavy atom. The number of unbranched alkanes of at least 4 members (excludes halogenated alkanes) is 2. The molecule has 28 heavy (non-hydrogen) atoms. The summed E-state index contributed by atoms with van der Waals surface area (Å²) < 4.78 is 18.1. The number of imidazole rings is 1. The average molecular weight is 412 g/mol. The lowest BCUT2D eigenvalue weighted by Crippen LogP contribution is -2.29. The Kier molecular flexibility index (Phi) is 9.97. The molecule has 0 saturated carbocycles. The van der Waals surface area contributed by atoms with Crippen LogP contribution in [0.2, 0.25) is 0 Å². The van der Waals surface area contributed by atoms with Crippen LogP contribution in [0.25, 0.3) is 0 Å². The van der Waals surface area contributed by atoms with Crippen molar-refractivity contribution in [1.29, 1.82) is 5.41 Å². The summed E-state index contributed by atoms with van der Waals surface area (Å²) in [5.74, 6) is 0.641. The number of aliphatic imine (C=N–C) groups is 1. The summed E-state index contributed by atoms with van der Waals surface area (Å²) in [7, 11) is 0. The number of nitrogens with two attached hydrogens (primary N) is 1. The first-order chi connectivity index (χ1) is 13.6. The van der Waals surface area contributed by atoms with Gasteiger partial charge in [0.05, 0.1) is 24.6 Å². The lowest BCUT2D eigenvalue weighted by molar-refractivity contribution is -0.0655. The van der Waals surface area contributed by atoms with Gasteiger partial charge < -0.3 is 24.9 Å². The molecule has 0 unspecified atom stereocenters. The van der Waals surface area contributed by atoms with Gasteiger partial charge in [0, 0.05) is 19.6 Å². The first-order valence-electron chi connectivity index (χ1n) is 9.95. The van der Waals surface area contributed by atoms with E-state index in [0.717, 1.165) is 51.0 Å². The number of hydrogen-bond acceptors (Lipinski definition) is 6. The Bertz CT molecular complexity index is 637. The average Bonchev–Trinajstić information content (AvgIpc) is 3.33. The second kappa shape index (κ2) is 12.2. The SMILES string of the molecule is CCCCOC[C@H]1O[C@@H](c2cnc(C(N)=NC(=N)SC)[nH]2)C[C@@H]1OCCCC. The van der Waals surface area contributed by atoms with Crippen LogP contribution < -0.4 is 5.73 Å². The summed E-state index contributed by atoms with van der Waals surface area (Å²) in [6.45, 7) is 6.30. The maximum absolute atomic E-state index is 7.62. The Balaban J connectivity index is 2.00. The summed E-state index contributed by atoms with van der Waals surface area (Å²) in [4.78, 5) is 11.5. The molecule has 0 amide bonds. The number of thioether (sulfide) groups is 1. The fourth-order valence-electron chi connectivity index (χ4n) is 2.90. The molecule has 1 saturated heterocycles. The van der Waals surface area contributed by atoms with E-state index in [1.165, 1.54) is 11.8 Å². The largest absolute Gasteiger partial charge is 0.381 e. The highest BCUT2D eigenvalue weighted by atomic mass is 32.2. The highest BCUT2D eigenvalue weighted by molar-refractivity contribution is 8.13. The van der Waals surface area contributed by atoms with Crippen LogP contribution in [0.4, 0.5) is 0 Å². The molecular formula is C19H33N5O3S. The van der Waals surface area contributed by atoms with Crippen molar-refractivity contribution >= 4 is 22.8 Å². The maximum Gasteiger partial charge on any atom is 0.181 e. The molecule has 3 atom stereocenters. The maximum atomic E-state index is 7.62. The molecule has 1 fully saturated rings.